The fourth-order valence-electron chi connectivity index (χ4n) is 2.87. The average Bonchev–Trinajstić information content (AvgIpc) is 2.69. The topological polar surface area (TPSA) is 75.7 Å². The Morgan fingerprint density at radius 3 is 2.39 bits per heavy atom. The highest BCUT2D eigenvalue weighted by atomic mass is 32.2. The van der Waals surface area contributed by atoms with Crippen LogP contribution in [-0.2, 0) is 27.5 Å². The lowest BCUT2D eigenvalue weighted by atomic mass is 10.2. The van der Waals surface area contributed by atoms with Crippen LogP contribution in [0.5, 0.6) is 5.75 Å². The number of sulfonamides is 1. The van der Waals surface area contributed by atoms with Crippen molar-refractivity contribution in [3.8, 4) is 5.75 Å². The molecular weight excluding hydrogens is 433 g/mol. The number of halogens is 3. The summed E-state index contributed by atoms with van der Waals surface area (Å²) < 4.78 is 69.2. The van der Waals surface area contributed by atoms with Gasteiger partial charge in [-0.05, 0) is 49.2 Å². The molecule has 2 rings (SSSR count). The van der Waals surface area contributed by atoms with Crippen LogP contribution in [-0.4, -0.2) is 33.7 Å². The van der Waals surface area contributed by atoms with Gasteiger partial charge in [0.15, 0.2) is 0 Å². The molecule has 0 aliphatic heterocycles. The molecule has 0 aliphatic rings. The van der Waals surface area contributed by atoms with Gasteiger partial charge in [0.05, 0.1) is 24.1 Å². The molecule has 2 aromatic carbocycles. The van der Waals surface area contributed by atoms with Crippen molar-refractivity contribution in [2.24, 2.45) is 0 Å². The number of benzene rings is 2. The molecule has 0 saturated carbocycles. The van der Waals surface area contributed by atoms with Crippen molar-refractivity contribution in [3.05, 3.63) is 59.7 Å². The molecule has 0 heterocycles. The summed E-state index contributed by atoms with van der Waals surface area (Å²) in [6, 6.07) is 11.3. The molecule has 0 spiro atoms. The van der Waals surface area contributed by atoms with E-state index in [0.717, 1.165) is 40.1 Å². The van der Waals surface area contributed by atoms with Crippen molar-refractivity contribution >= 4 is 21.6 Å². The molecule has 1 amide bonds. The fraction of sp³-hybridized carbons (Fsp3) is 0.381. The molecule has 6 nitrogen and oxygen atoms in total. The predicted molar refractivity (Wildman–Crippen MR) is 112 cm³/mol. The van der Waals surface area contributed by atoms with E-state index in [1.54, 1.807) is 12.1 Å². The molecule has 0 saturated heterocycles. The number of carbonyl (C=O) groups excluding carboxylic acids is 1. The zero-order valence-corrected chi connectivity index (χ0v) is 18.1. The molecule has 0 aromatic heterocycles. The summed E-state index contributed by atoms with van der Waals surface area (Å²) in [5.74, 6) is 0.444. The van der Waals surface area contributed by atoms with Gasteiger partial charge in [0, 0.05) is 19.5 Å². The molecule has 0 unspecified atom stereocenters. The zero-order valence-electron chi connectivity index (χ0n) is 17.3. The standard InChI is InChI=1S/C21H25F3N2O4S/c1-3-30-19-11-9-16(10-12-19)15-25-20(27)8-5-13-26(31(2,28)29)18-7-4-6-17(14-18)21(22,23)24/h4,6-7,9-12,14H,3,5,8,13,15H2,1-2H3,(H,25,27). The Morgan fingerprint density at radius 2 is 1.81 bits per heavy atom. The fourth-order valence-corrected chi connectivity index (χ4v) is 3.82. The predicted octanol–water partition coefficient (Wildman–Crippen LogP) is 3.97. The number of rotatable bonds is 10. The zero-order chi connectivity index (χ0) is 23.1. The van der Waals surface area contributed by atoms with Gasteiger partial charge in [-0.2, -0.15) is 13.2 Å². The maximum atomic E-state index is 12.9. The van der Waals surface area contributed by atoms with Crippen LogP contribution in [0.25, 0.3) is 0 Å². The SMILES string of the molecule is CCOc1ccc(CNC(=O)CCCN(c2cccc(C(F)(F)F)c2)S(C)(=O)=O)cc1. The normalized spacial score (nSPS) is 11.8. The quantitative estimate of drug-likeness (QED) is 0.585. The summed E-state index contributed by atoms with van der Waals surface area (Å²) >= 11 is 0. The Bertz CT molecular complexity index is 977. The van der Waals surface area contributed by atoms with Crippen molar-refractivity contribution in [1.82, 2.24) is 5.32 Å². The first-order valence-electron chi connectivity index (χ1n) is 9.64. The Balaban J connectivity index is 1.92. The first-order chi connectivity index (χ1) is 14.5. The second-order valence-corrected chi connectivity index (χ2v) is 8.75. The van der Waals surface area contributed by atoms with Crippen LogP contribution in [0.1, 0.15) is 30.9 Å². The number of nitrogens with zero attached hydrogens (tertiary/aromatic N) is 1. The van der Waals surface area contributed by atoms with Crippen LogP contribution in [0.4, 0.5) is 18.9 Å². The molecule has 10 heteroatoms. The molecule has 0 atom stereocenters. The third-order valence-electron chi connectivity index (χ3n) is 4.35. The smallest absolute Gasteiger partial charge is 0.416 e. The second-order valence-electron chi connectivity index (χ2n) is 6.84. The second kappa shape index (κ2) is 10.5. The molecule has 2 aromatic rings. The van der Waals surface area contributed by atoms with Crippen LogP contribution in [0.3, 0.4) is 0 Å². The number of carbonyl (C=O) groups is 1. The van der Waals surface area contributed by atoms with E-state index in [1.165, 1.54) is 6.07 Å². The van der Waals surface area contributed by atoms with E-state index in [-0.39, 0.29) is 31.0 Å². The van der Waals surface area contributed by atoms with Gasteiger partial charge in [0.1, 0.15) is 5.75 Å². The lowest BCUT2D eigenvalue weighted by Gasteiger charge is -2.23. The van der Waals surface area contributed by atoms with Gasteiger partial charge in [-0.25, -0.2) is 8.42 Å². The van der Waals surface area contributed by atoms with E-state index in [0.29, 0.717) is 13.2 Å². The first kappa shape index (κ1) is 24.5. The van der Waals surface area contributed by atoms with Gasteiger partial charge in [-0.1, -0.05) is 18.2 Å². The van der Waals surface area contributed by atoms with Crippen molar-refractivity contribution in [3.63, 3.8) is 0 Å². The summed E-state index contributed by atoms with van der Waals surface area (Å²) in [7, 11) is -3.82. The van der Waals surface area contributed by atoms with Crippen LogP contribution in [0.15, 0.2) is 48.5 Å². The van der Waals surface area contributed by atoms with Gasteiger partial charge in [0.2, 0.25) is 15.9 Å². The summed E-state index contributed by atoms with van der Waals surface area (Å²) in [5.41, 5.74) is -0.155. The summed E-state index contributed by atoms with van der Waals surface area (Å²) in [4.78, 5) is 12.1. The molecule has 0 radical (unpaired) electrons. The van der Waals surface area contributed by atoms with Crippen LogP contribution in [0, 0.1) is 0 Å². The van der Waals surface area contributed by atoms with E-state index in [4.69, 9.17) is 4.74 Å². The number of hydrogen-bond donors (Lipinski definition) is 1. The van der Waals surface area contributed by atoms with Crippen molar-refractivity contribution in [2.45, 2.75) is 32.5 Å². The lowest BCUT2D eigenvalue weighted by Crippen LogP contribution is -2.32. The highest BCUT2D eigenvalue weighted by Gasteiger charge is 2.31. The number of amides is 1. The molecular formula is C21H25F3N2O4S. The van der Waals surface area contributed by atoms with Crippen LogP contribution >= 0.6 is 0 Å². The van der Waals surface area contributed by atoms with E-state index >= 15 is 0 Å². The van der Waals surface area contributed by atoms with Crippen molar-refractivity contribution in [1.29, 1.82) is 0 Å². The number of nitrogens with one attached hydrogen (secondary N) is 1. The van der Waals surface area contributed by atoms with Crippen LogP contribution < -0.4 is 14.4 Å². The third kappa shape index (κ3) is 7.78. The maximum Gasteiger partial charge on any atom is 0.416 e. The van der Waals surface area contributed by atoms with Crippen LogP contribution in [0.2, 0.25) is 0 Å². The summed E-state index contributed by atoms with van der Waals surface area (Å²) in [6.45, 7) is 2.62. The van der Waals surface area contributed by atoms with E-state index in [1.807, 2.05) is 19.1 Å². The number of alkyl halides is 3. The molecule has 0 bridgehead atoms. The number of hydrogen-bond acceptors (Lipinski definition) is 4. The van der Waals surface area contributed by atoms with Gasteiger partial charge >= 0.3 is 6.18 Å². The van der Waals surface area contributed by atoms with Crippen molar-refractivity contribution in [2.75, 3.05) is 23.7 Å². The highest BCUT2D eigenvalue weighted by Crippen LogP contribution is 2.32. The van der Waals surface area contributed by atoms with Crippen molar-refractivity contribution < 1.29 is 31.1 Å². The lowest BCUT2D eigenvalue weighted by molar-refractivity contribution is -0.137. The Hall–Kier alpha value is -2.75. The molecule has 1 N–H and O–H groups in total. The van der Waals surface area contributed by atoms with E-state index in [9.17, 15) is 26.4 Å². The van der Waals surface area contributed by atoms with Gasteiger partial charge in [-0.15, -0.1) is 0 Å². The molecule has 0 fully saturated rings. The number of ether oxygens (including phenoxy) is 1. The van der Waals surface area contributed by atoms with Gasteiger partial charge in [0.25, 0.3) is 0 Å². The Kier molecular flexibility index (Phi) is 8.32. The van der Waals surface area contributed by atoms with E-state index in [2.05, 4.69) is 5.32 Å². The Labute approximate surface area is 180 Å². The number of anilines is 1. The Morgan fingerprint density at radius 1 is 1.13 bits per heavy atom. The monoisotopic (exact) mass is 458 g/mol. The van der Waals surface area contributed by atoms with Gasteiger partial charge < -0.3 is 10.1 Å². The molecule has 31 heavy (non-hydrogen) atoms. The minimum atomic E-state index is -4.58. The average molecular weight is 459 g/mol. The maximum absolute atomic E-state index is 12.9. The highest BCUT2D eigenvalue weighted by molar-refractivity contribution is 7.92. The third-order valence-corrected chi connectivity index (χ3v) is 5.54. The minimum absolute atomic E-state index is 0.0298. The summed E-state index contributed by atoms with van der Waals surface area (Å²) in [5, 5.41) is 2.74. The molecule has 0 aliphatic carbocycles. The van der Waals surface area contributed by atoms with Gasteiger partial charge in [-0.3, -0.25) is 9.10 Å². The largest absolute Gasteiger partial charge is 0.494 e. The minimum Gasteiger partial charge on any atom is -0.494 e. The molecule has 170 valence electrons. The van der Waals surface area contributed by atoms with E-state index < -0.39 is 21.8 Å². The first-order valence-corrected chi connectivity index (χ1v) is 11.5. The summed E-state index contributed by atoms with van der Waals surface area (Å²) in [6.07, 6.45) is -3.49.